The van der Waals surface area contributed by atoms with E-state index in [2.05, 4.69) is 5.10 Å². The lowest BCUT2D eigenvalue weighted by molar-refractivity contribution is 0.0492. The van der Waals surface area contributed by atoms with E-state index in [0.29, 0.717) is 39.8 Å². The van der Waals surface area contributed by atoms with Crippen molar-refractivity contribution in [1.82, 2.24) is 9.19 Å². The Balaban J connectivity index is 1.90. The van der Waals surface area contributed by atoms with E-state index in [9.17, 15) is 13.2 Å². The van der Waals surface area contributed by atoms with Gasteiger partial charge in [-0.25, -0.2) is 0 Å². The maximum atomic E-state index is 13.8. The minimum atomic E-state index is -4.07. The molecule has 0 saturated heterocycles. The molecule has 0 amide bonds. The van der Waals surface area contributed by atoms with Crippen LogP contribution in [0.2, 0.25) is 0 Å². The van der Waals surface area contributed by atoms with Crippen LogP contribution < -0.4 is 9.47 Å². The summed E-state index contributed by atoms with van der Waals surface area (Å²) in [6.45, 7) is 5.50. The van der Waals surface area contributed by atoms with E-state index in [4.69, 9.17) is 14.2 Å². The highest BCUT2D eigenvalue weighted by molar-refractivity contribution is 7.90. The van der Waals surface area contributed by atoms with Crippen LogP contribution >= 0.6 is 0 Å². The summed E-state index contributed by atoms with van der Waals surface area (Å²) in [5, 5.41) is 4.63. The van der Waals surface area contributed by atoms with Gasteiger partial charge in [0.15, 0.2) is 24.6 Å². The number of aldehydes is 1. The second kappa shape index (κ2) is 9.52. The summed E-state index contributed by atoms with van der Waals surface area (Å²) in [4.78, 5) is 11.9. The quantitative estimate of drug-likeness (QED) is 0.259. The van der Waals surface area contributed by atoms with Crippen molar-refractivity contribution < 1.29 is 27.4 Å². The highest BCUT2D eigenvalue weighted by Gasteiger charge is 2.27. The molecule has 0 bridgehead atoms. The first-order valence-electron chi connectivity index (χ1n) is 10.8. The number of aryl methyl sites for hydroxylation is 3. The number of hydrogen-bond donors (Lipinski definition) is 0. The maximum absolute atomic E-state index is 13.8. The van der Waals surface area contributed by atoms with Gasteiger partial charge in [0.25, 0.3) is 10.0 Å². The molecular weight excluding hydrogens is 468 g/mol. The molecule has 0 radical (unpaired) electrons. The lowest BCUT2D eigenvalue weighted by atomic mass is 10.0. The van der Waals surface area contributed by atoms with Crippen LogP contribution in [0, 0.1) is 20.8 Å². The highest BCUT2D eigenvalue weighted by atomic mass is 32.2. The molecule has 0 N–H and O–H groups in total. The number of ether oxygens (including phenoxy) is 3. The van der Waals surface area contributed by atoms with E-state index in [1.165, 1.54) is 14.2 Å². The monoisotopic (exact) mass is 494 g/mol. The van der Waals surface area contributed by atoms with Gasteiger partial charge in [0.2, 0.25) is 0 Å². The Labute approximate surface area is 204 Å². The number of carbonyl (C=O) groups is 1. The SMILES string of the molecule is COCOc1ccc(-c2ccc3c(C=O)nn(S(=O)(=O)c4c(C)cc(C)cc4C)c3c2)cc1OC. The summed E-state index contributed by atoms with van der Waals surface area (Å²) in [6, 6.07) is 14.2. The van der Waals surface area contributed by atoms with Gasteiger partial charge in [-0.05, 0) is 67.3 Å². The van der Waals surface area contributed by atoms with E-state index in [1.54, 1.807) is 44.2 Å². The van der Waals surface area contributed by atoms with Gasteiger partial charge in [0, 0.05) is 12.5 Å². The van der Waals surface area contributed by atoms with Crippen molar-refractivity contribution in [2.45, 2.75) is 25.7 Å². The zero-order valence-corrected chi connectivity index (χ0v) is 21.0. The number of aromatic nitrogens is 2. The van der Waals surface area contributed by atoms with Crippen LogP contribution in [0.4, 0.5) is 0 Å². The summed E-state index contributed by atoms with van der Waals surface area (Å²) in [6.07, 6.45) is 0.563. The van der Waals surface area contributed by atoms with Gasteiger partial charge in [0.05, 0.1) is 17.5 Å². The summed E-state index contributed by atoms with van der Waals surface area (Å²) < 4.78 is 44.4. The standard InChI is InChI=1S/C26H26N2O6S/c1-16-10-17(2)26(18(3)11-16)35(30,31)28-23-12-19(6-8-21(23)22(14-29)27-28)20-7-9-24(34-15-32-4)25(13-20)33-5/h6-14H,15H2,1-5H3. The van der Waals surface area contributed by atoms with Gasteiger partial charge in [-0.3, -0.25) is 4.79 Å². The zero-order valence-electron chi connectivity index (χ0n) is 20.2. The van der Waals surface area contributed by atoms with Crippen molar-refractivity contribution in [3.8, 4) is 22.6 Å². The molecule has 0 unspecified atom stereocenters. The predicted molar refractivity (Wildman–Crippen MR) is 133 cm³/mol. The van der Waals surface area contributed by atoms with Crippen LogP contribution in [-0.2, 0) is 14.8 Å². The molecule has 0 aliphatic carbocycles. The third kappa shape index (κ3) is 4.40. The number of carbonyl (C=O) groups excluding carboxylic acids is 1. The molecule has 0 spiro atoms. The van der Waals surface area contributed by atoms with Crippen LogP contribution in [0.5, 0.6) is 11.5 Å². The van der Waals surface area contributed by atoms with Crippen LogP contribution in [0.15, 0.2) is 53.4 Å². The van der Waals surface area contributed by atoms with Gasteiger partial charge >= 0.3 is 0 Å². The molecule has 4 rings (SSSR count). The average molecular weight is 495 g/mol. The minimum Gasteiger partial charge on any atom is -0.493 e. The highest BCUT2D eigenvalue weighted by Crippen LogP contribution is 2.35. The van der Waals surface area contributed by atoms with Crippen molar-refractivity contribution >= 4 is 27.2 Å². The number of rotatable bonds is 8. The average Bonchev–Trinajstić information content (AvgIpc) is 3.20. The fourth-order valence-electron chi connectivity index (χ4n) is 4.31. The largest absolute Gasteiger partial charge is 0.493 e. The smallest absolute Gasteiger partial charge is 0.284 e. The van der Waals surface area contributed by atoms with Crippen molar-refractivity contribution in [3.05, 3.63) is 70.9 Å². The Kier molecular flexibility index (Phi) is 6.64. The van der Waals surface area contributed by atoms with Gasteiger partial charge in [0.1, 0.15) is 5.69 Å². The normalized spacial score (nSPS) is 11.6. The Hall–Kier alpha value is -3.69. The van der Waals surface area contributed by atoms with Crippen molar-refractivity contribution in [2.75, 3.05) is 21.0 Å². The number of hydrogen-bond acceptors (Lipinski definition) is 7. The number of nitrogens with zero attached hydrogens (tertiary/aromatic N) is 2. The van der Waals surface area contributed by atoms with Crippen molar-refractivity contribution in [3.63, 3.8) is 0 Å². The van der Waals surface area contributed by atoms with Crippen molar-refractivity contribution in [2.24, 2.45) is 0 Å². The molecule has 0 aliphatic heterocycles. The van der Waals surface area contributed by atoms with Crippen LogP contribution in [0.1, 0.15) is 27.2 Å². The maximum Gasteiger partial charge on any atom is 0.284 e. The molecule has 35 heavy (non-hydrogen) atoms. The van der Waals surface area contributed by atoms with Crippen LogP contribution in [0.3, 0.4) is 0 Å². The Morgan fingerprint density at radius 2 is 1.57 bits per heavy atom. The van der Waals surface area contributed by atoms with Crippen LogP contribution in [0.25, 0.3) is 22.0 Å². The molecule has 0 atom stereocenters. The van der Waals surface area contributed by atoms with Crippen LogP contribution in [-0.4, -0.2) is 44.9 Å². The van der Waals surface area contributed by atoms with Gasteiger partial charge in [-0.15, -0.1) is 0 Å². The van der Waals surface area contributed by atoms with Gasteiger partial charge in [-0.1, -0.05) is 29.8 Å². The van der Waals surface area contributed by atoms with E-state index in [-0.39, 0.29) is 17.4 Å². The summed E-state index contributed by atoms with van der Waals surface area (Å²) >= 11 is 0. The third-order valence-electron chi connectivity index (χ3n) is 5.71. The van der Waals surface area contributed by atoms with E-state index >= 15 is 0 Å². The Morgan fingerprint density at radius 3 is 2.20 bits per heavy atom. The first kappa shape index (κ1) is 24.4. The zero-order chi connectivity index (χ0) is 25.3. The lowest BCUT2D eigenvalue weighted by Crippen LogP contribution is -2.17. The molecule has 0 aliphatic rings. The molecule has 1 heterocycles. The molecule has 182 valence electrons. The molecular formula is C26H26N2O6S. The number of methoxy groups -OCH3 is 2. The fraction of sp³-hybridized carbons (Fsp3) is 0.231. The molecule has 9 heteroatoms. The first-order valence-corrected chi connectivity index (χ1v) is 12.3. The first-order chi connectivity index (χ1) is 16.7. The lowest BCUT2D eigenvalue weighted by Gasteiger charge is -2.14. The summed E-state index contributed by atoms with van der Waals surface area (Å²) in [5.41, 5.74) is 4.06. The summed E-state index contributed by atoms with van der Waals surface area (Å²) in [5.74, 6) is 1.01. The summed E-state index contributed by atoms with van der Waals surface area (Å²) in [7, 11) is -1.01. The molecule has 1 aromatic heterocycles. The van der Waals surface area contributed by atoms with Crippen molar-refractivity contribution in [1.29, 1.82) is 0 Å². The molecule has 8 nitrogen and oxygen atoms in total. The van der Waals surface area contributed by atoms with E-state index in [1.807, 2.05) is 25.1 Å². The van der Waals surface area contributed by atoms with E-state index < -0.39 is 10.0 Å². The topological polar surface area (TPSA) is 96.7 Å². The second-order valence-corrected chi connectivity index (χ2v) is 9.93. The fourth-order valence-corrected chi connectivity index (χ4v) is 6.02. The number of fused-ring (bicyclic) bond motifs is 1. The predicted octanol–water partition coefficient (Wildman–Crippen LogP) is 4.67. The Bertz CT molecular complexity index is 1520. The molecule has 4 aromatic rings. The minimum absolute atomic E-state index is 0.0541. The molecule has 3 aromatic carbocycles. The van der Waals surface area contributed by atoms with E-state index in [0.717, 1.165) is 20.8 Å². The molecule has 0 fully saturated rings. The molecule has 0 saturated carbocycles. The van der Waals surface area contributed by atoms with Gasteiger partial charge < -0.3 is 14.2 Å². The van der Waals surface area contributed by atoms with Gasteiger partial charge in [-0.2, -0.15) is 17.6 Å². The Morgan fingerprint density at radius 1 is 0.914 bits per heavy atom. The second-order valence-electron chi connectivity index (χ2n) is 8.23. The third-order valence-corrected chi connectivity index (χ3v) is 7.60. The number of benzene rings is 3.